The lowest BCUT2D eigenvalue weighted by Gasteiger charge is -2.40. The van der Waals surface area contributed by atoms with Gasteiger partial charge in [0.15, 0.2) is 0 Å². The van der Waals surface area contributed by atoms with Crippen molar-refractivity contribution in [1.29, 1.82) is 0 Å². The normalized spacial score (nSPS) is 15.5. The molecule has 2 heterocycles. The number of hydrazone groups is 1. The molecule has 0 aliphatic carbocycles. The maximum atomic E-state index is 14.6. The van der Waals surface area contributed by atoms with Gasteiger partial charge in [0.05, 0.1) is 17.3 Å². The second-order valence-corrected chi connectivity index (χ2v) is 7.33. The lowest BCUT2D eigenvalue weighted by atomic mass is 9.88. The van der Waals surface area contributed by atoms with Crippen LogP contribution in [0.3, 0.4) is 0 Å². The summed E-state index contributed by atoms with van der Waals surface area (Å²) in [5.74, 6) is -0.927. The van der Waals surface area contributed by atoms with Gasteiger partial charge in [0.2, 0.25) is 0 Å². The number of pyridine rings is 1. The molecule has 1 aromatic heterocycles. The highest BCUT2D eigenvalue weighted by Gasteiger charge is 2.29. The van der Waals surface area contributed by atoms with Crippen LogP contribution in [0.25, 0.3) is 5.57 Å². The molecule has 0 atom stereocenters. The molecule has 1 aromatic carbocycles. The van der Waals surface area contributed by atoms with Gasteiger partial charge >= 0.3 is 0 Å². The fraction of sp³-hybridized carbons (Fsp3) is 0.250. The molecule has 2 aromatic rings. The average Bonchev–Trinajstić information content (AvgIpc) is 2.60. The Kier molecular flexibility index (Phi) is 5.02. The van der Waals surface area contributed by atoms with Gasteiger partial charge in [-0.3, -0.25) is 4.79 Å². The molecule has 1 aliphatic heterocycles. The van der Waals surface area contributed by atoms with Crippen LogP contribution in [-0.4, -0.2) is 29.7 Å². The second-order valence-electron chi connectivity index (χ2n) is 6.97. The number of rotatable bonds is 3. The van der Waals surface area contributed by atoms with Crippen LogP contribution >= 0.6 is 11.6 Å². The number of amides is 1. The van der Waals surface area contributed by atoms with Gasteiger partial charge < -0.3 is 4.90 Å². The molecular weight excluding hydrogens is 367 g/mol. The summed E-state index contributed by atoms with van der Waals surface area (Å²) in [5.41, 5.74) is 5.44. The highest BCUT2D eigenvalue weighted by atomic mass is 35.5. The van der Waals surface area contributed by atoms with Gasteiger partial charge in [-0.25, -0.2) is 14.8 Å². The fourth-order valence-corrected chi connectivity index (χ4v) is 3.27. The molecule has 0 spiro atoms. The van der Waals surface area contributed by atoms with Crippen LogP contribution in [0.15, 0.2) is 41.6 Å². The summed E-state index contributed by atoms with van der Waals surface area (Å²) < 4.78 is 14.6. The zero-order valence-corrected chi connectivity index (χ0v) is 16.3. The van der Waals surface area contributed by atoms with Crippen molar-refractivity contribution >= 4 is 35.0 Å². The standard InChI is InChI=1S/C20H20ClFN4O/c1-12-10-20(2,3)26(4)17-9-16(22)13(8-15(12)17)11-24-25-19(27)14-6-5-7-23-18(14)21/h5-11H,1-4H3,(H,25,27)/b24-11-. The Morgan fingerprint density at radius 1 is 1.41 bits per heavy atom. The van der Waals surface area contributed by atoms with E-state index in [1.165, 1.54) is 24.5 Å². The molecule has 3 rings (SSSR count). The molecule has 0 unspecified atom stereocenters. The van der Waals surface area contributed by atoms with E-state index in [0.29, 0.717) is 0 Å². The number of nitrogens with one attached hydrogen (secondary N) is 1. The van der Waals surface area contributed by atoms with E-state index in [4.69, 9.17) is 11.6 Å². The number of hydrogen-bond acceptors (Lipinski definition) is 4. The summed E-state index contributed by atoms with van der Waals surface area (Å²) in [4.78, 5) is 18.0. The minimum absolute atomic E-state index is 0.0802. The van der Waals surface area contributed by atoms with Gasteiger partial charge in [-0.1, -0.05) is 17.7 Å². The number of benzene rings is 1. The number of likely N-dealkylation sites (N-methyl/N-ethyl adjacent to an activating group) is 1. The van der Waals surface area contributed by atoms with E-state index in [9.17, 15) is 9.18 Å². The number of fused-ring (bicyclic) bond motifs is 1. The van der Waals surface area contributed by atoms with Crippen LogP contribution in [0.5, 0.6) is 0 Å². The molecular formula is C20H20ClFN4O. The minimum Gasteiger partial charge on any atom is -0.365 e. The zero-order chi connectivity index (χ0) is 19.8. The Bertz CT molecular complexity index is 968. The van der Waals surface area contributed by atoms with E-state index in [1.807, 2.05) is 18.9 Å². The van der Waals surface area contributed by atoms with Crippen LogP contribution in [-0.2, 0) is 0 Å². The van der Waals surface area contributed by atoms with Crippen molar-refractivity contribution in [2.45, 2.75) is 26.3 Å². The van der Waals surface area contributed by atoms with E-state index in [1.54, 1.807) is 12.1 Å². The number of hydrogen-bond donors (Lipinski definition) is 1. The van der Waals surface area contributed by atoms with Crippen LogP contribution in [0, 0.1) is 5.82 Å². The molecule has 1 aliphatic rings. The number of carbonyl (C=O) groups is 1. The Morgan fingerprint density at radius 3 is 2.85 bits per heavy atom. The van der Waals surface area contributed by atoms with Crippen molar-refractivity contribution in [2.24, 2.45) is 5.10 Å². The molecule has 0 bridgehead atoms. The maximum Gasteiger partial charge on any atom is 0.274 e. The van der Waals surface area contributed by atoms with Gasteiger partial charge in [0.25, 0.3) is 5.91 Å². The van der Waals surface area contributed by atoms with Gasteiger partial charge in [-0.15, -0.1) is 0 Å². The first-order valence-corrected chi connectivity index (χ1v) is 8.79. The van der Waals surface area contributed by atoms with Crippen LogP contribution < -0.4 is 10.3 Å². The summed E-state index contributed by atoms with van der Waals surface area (Å²) in [7, 11) is 1.94. The lowest BCUT2D eigenvalue weighted by Crippen LogP contribution is -2.42. The highest BCUT2D eigenvalue weighted by molar-refractivity contribution is 6.32. The minimum atomic E-state index is -0.514. The number of halogens is 2. The molecule has 1 N–H and O–H groups in total. The zero-order valence-electron chi connectivity index (χ0n) is 15.5. The summed E-state index contributed by atoms with van der Waals surface area (Å²) in [6, 6.07) is 6.36. The molecule has 5 nitrogen and oxygen atoms in total. The molecule has 140 valence electrons. The third-order valence-corrected chi connectivity index (χ3v) is 5.01. The molecule has 27 heavy (non-hydrogen) atoms. The Balaban J connectivity index is 1.85. The van der Waals surface area contributed by atoms with Crippen molar-refractivity contribution in [1.82, 2.24) is 10.4 Å². The fourth-order valence-electron chi connectivity index (χ4n) is 3.06. The Labute approximate surface area is 162 Å². The predicted octanol–water partition coefficient (Wildman–Crippen LogP) is 4.27. The highest BCUT2D eigenvalue weighted by Crippen LogP contribution is 2.38. The lowest BCUT2D eigenvalue weighted by molar-refractivity contribution is 0.0955. The molecule has 0 saturated heterocycles. The van der Waals surface area contributed by atoms with Gasteiger partial charge in [-0.05, 0) is 50.6 Å². The van der Waals surface area contributed by atoms with Crippen LogP contribution in [0.1, 0.15) is 42.3 Å². The summed E-state index contributed by atoms with van der Waals surface area (Å²) in [6.45, 7) is 6.15. The topological polar surface area (TPSA) is 57.6 Å². The first-order chi connectivity index (χ1) is 12.7. The second kappa shape index (κ2) is 7.12. The molecule has 0 radical (unpaired) electrons. The van der Waals surface area contributed by atoms with Crippen molar-refractivity contribution < 1.29 is 9.18 Å². The number of carbonyl (C=O) groups excluding carboxylic acids is 1. The van der Waals surface area contributed by atoms with E-state index in [0.717, 1.165) is 16.8 Å². The summed E-state index contributed by atoms with van der Waals surface area (Å²) in [5, 5.41) is 3.94. The Morgan fingerprint density at radius 2 is 2.15 bits per heavy atom. The smallest absolute Gasteiger partial charge is 0.274 e. The van der Waals surface area contributed by atoms with Crippen LogP contribution in [0.2, 0.25) is 5.15 Å². The third kappa shape index (κ3) is 3.71. The monoisotopic (exact) mass is 386 g/mol. The number of anilines is 1. The molecule has 7 heteroatoms. The number of aromatic nitrogens is 1. The van der Waals surface area contributed by atoms with E-state index < -0.39 is 11.7 Å². The average molecular weight is 387 g/mol. The quantitative estimate of drug-likeness (QED) is 0.487. The summed E-state index contributed by atoms with van der Waals surface area (Å²) >= 11 is 5.88. The molecule has 0 fully saturated rings. The third-order valence-electron chi connectivity index (χ3n) is 4.71. The summed E-state index contributed by atoms with van der Waals surface area (Å²) in [6.07, 6.45) is 4.91. The molecule has 0 saturated carbocycles. The molecule has 1 amide bonds. The van der Waals surface area contributed by atoms with Crippen molar-refractivity contribution in [3.63, 3.8) is 0 Å². The predicted molar refractivity (Wildman–Crippen MR) is 107 cm³/mol. The van der Waals surface area contributed by atoms with Gasteiger partial charge in [-0.2, -0.15) is 5.10 Å². The number of nitrogens with zero attached hydrogens (tertiary/aromatic N) is 3. The van der Waals surface area contributed by atoms with Crippen molar-refractivity contribution in [3.05, 3.63) is 64.2 Å². The van der Waals surface area contributed by atoms with Crippen molar-refractivity contribution in [2.75, 3.05) is 11.9 Å². The maximum absolute atomic E-state index is 14.6. The first kappa shape index (κ1) is 19.0. The van der Waals surface area contributed by atoms with Crippen molar-refractivity contribution in [3.8, 4) is 0 Å². The Hall–Kier alpha value is -2.73. The largest absolute Gasteiger partial charge is 0.365 e. The van der Waals surface area contributed by atoms with Crippen LogP contribution in [0.4, 0.5) is 10.1 Å². The van der Waals surface area contributed by atoms with Gasteiger partial charge in [0, 0.05) is 30.1 Å². The van der Waals surface area contributed by atoms with E-state index >= 15 is 0 Å². The first-order valence-electron chi connectivity index (χ1n) is 8.42. The number of allylic oxidation sites excluding steroid dienone is 1. The SMILES string of the molecule is CC1=CC(C)(C)N(C)c2cc(F)c(/C=N\NC(=O)c3cccnc3Cl)cc21. The van der Waals surface area contributed by atoms with E-state index in [-0.39, 0.29) is 21.8 Å². The van der Waals surface area contributed by atoms with E-state index in [2.05, 4.69) is 35.4 Å². The van der Waals surface area contributed by atoms with Gasteiger partial charge in [0.1, 0.15) is 11.0 Å².